The van der Waals surface area contributed by atoms with Gasteiger partial charge in [-0.05, 0) is 62.6 Å². The summed E-state index contributed by atoms with van der Waals surface area (Å²) in [6, 6.07) is 24.7. The number of amides is 1. The van der Waals surface area contributed by atoms with Gasteiger partial charge in [0.15, 0.2) is 0 Å². The van der Waals surface area contributed by atoms with E-state index in [0.29, 0.717) is 29.7 Å². The number of carbonyl (C=O) groups excluding carboxylic acids is 1. The number of nitrogens with zero attached hydrogens (tertiary/aromatic N) is 3. The fraction of sp³-hybridized carbons (Fsp3) is 0.276. The summed E-state index contributed by atoms with van der Waals surface area (Å²) in [5.74, 6) is 0.359. The molecular formula is C29H31N3O2. The van der Waals surface area contributed by atoms with Crippen LogP contribution < -0.4 is 5.56 Å². The monoisotopic (exact) mass is 453 g/mol. The average Bonchev–Trinajstić information content (AvgIpc) is 2.85. The van der Waals surface area contributed by atoms with E-state index in [1.165, 1.54) is 0 Å². The predicted molar refractivity (Wildman–Crippen MR) is 137 cm³/mol. The van der Waals surface area contributed by atoms with Gasteiger partial charge in [-0.25, -0.2) is 4.98 Å². The zero-order chi connectivity index (χ0) is 24.2. The Balaban J connectivity index is 1.86. The number of hydrogen-bond acceptors (Lipinski definition) is 3. The fourth-order valence-corrected chi connectivity index (χ4v) is 4.65. The summed E-state index contributed by atoms with van der Waals surface area (Å²) in [6.07, 6.45) is 0.696. The molecule has 2 unspecified atom stereocenters. The molecule has 0 saturated carbocycles. The standard InChI is InChI=1S/C29H31N3O2/c1-5-24(22-14-8-7-9-15-22)28(33)31(6-2)21(4)27-30-26-18-11-10-17-25(26)29(34)32(27)23-16-12-13-20(3)19-23/h7-19,21,24H,5-6H2,1-4H3. The molecule has 1 heterocycles. The van der Waals surface area contributed by atoms with Crippen LogP contribution in [0.25, 0.3) is 16.6 Å². The van der Waals surface area contributed by atoms with E-state index >= 15 is 0 Å². The van der Waals surface area contributed by atoms with Gasteiger partial charge in [0.25, 0.3) is 5.56 Å². The fourth-order valence-electron chi connectivity index (χ4n) is 4.65. The van der Waals surface area contributed by atoms with Crippen molar-refractivity contribution in [2.24, 2.45) is 0 Å². The molecule has 3 aromatic carbocycles. The van der Waals surface area contributed by atoms with E-state index in [2.05, 4.69) is 0 Å². The van der Waals surface area contributed by atoms with Gasteiger partial charge >= 0.3 is 0 Å². The molecule has 0 N–H and O–H groups in total. The van der Waals surface area contributed by atoms with Crippen LogP contribution >= 0.6 is 0 Å². The van der Waals surface area contributed by atoms with E-state index in [-0.39, 0.29) is 17.4 Å². The molecular weight excluding hydrogens is 422 g/mol. The van der Waals surface area contributed by atoms with Crippen LogP contribution in [0.3, 0.4) is 0 Å². The Labute approximate surface area is 200 Å². The molecule has 0 aliphatic rings. The van der Waals surface area contributed by atoms with Gasteiger partial charge in [0, 0.05) is 6.54 Å². The van der Waals surface area contributed by atoms with Crippen molar-refractivity contribution in [3.63, 3.8) is 0 Å². The third kappa shape index (κ3) is 4.38. The Morgan fingerprint density at radius 1 is 0.971 bits per heavy atom. The lowest BCUT2D eigenvalue weighted by molar-refractivity contribution is -0.135. The van der Waals surface area contributed by atoms with Gasteiger partial charge in [0.1, 0.15) is 5.82 Å². The third-order valence-electron chi connectivity index (χ3n) is 6.43. The molecule has 0 spiro atoms. The summed E-state index contributed by atoms with van der Waals surface area (Å²) in [4.78, 5) is 34.2. The van der Waals surface area contributed by atoms with Crippen LogP contribution in [0, 0.1) is 6.92 Å². The van der Waals surface area contributed by atoms with E-state index in [4.69, 9.17) is 4.98 Å². The van der Waals surface area contributed by atoms with E-state index in [1.54, 1.807) is 10.6 Å². The second-order valence-corrected chi connectivity index (χ2v) is 8.64. The predicted octanol–water partition coefficient (Wildman–Crippen LogP) is 5.80. The number of aryl methyl sites for hydroxylation is 1. The molecule has 0 fully saturated rings. The number of rotatable bonds is 7. The molecule has 2 atom stereocenters. The summed E-state index contributed by atoms with van der Waals surface area (Å²) in [6.45, 7) is 8.48. The molecule has 5 nitrogen and oxygen atoms in total. The van der Waals surface area contributed by atoms with Crippen molar-refractivity contribution in [2.45, 2.75) is 46.1 Å². The van der Waals surface area contributed by atoms with Crippen LogP contribution in [0.1, 0.15) is 56.1 Å². The molecule has 5 heteroatoms. The topological polar surface area (TPSA) is 55.2 Å². The Hall–Kier alpha value is -3.73. The van der Waals surface area contributed by atoms with Gasteiger partial charge in [-0.2, -0.15) is 0 Å². The van der Waals surface area contributed by atoms with Crippen LogP contribution in [-0.2, 0) is 4.79 Å². The smallest absolute Gasteiger partial charge is 0.266 e. The summed E-state index contributed by atoms with van der Waals surface area (Å²) in [7, 11) is 0. The first-order chi connectivity index (χ1) is 16.5. The maximum Gasteiger partial charge on any atom is 0.266 e. The maximum atomic E-state index is 13.8. The average molecular weight is 454 g/mol. The highest BCUT2D eigenvalue weighted by molar-refractivity contribution is 5.84. The Morgan fingerprint density at radius 3 is 2.35 bits per heavy atom. The first-order valence-electron chi connectivity index (χ1n) is 11.9. The van der Waals surface area contributed by atoms with Gasteiger partial charge in [-0.1, -0.05) is 61.5 Å². The summed E-state index contributed by atoms with van der Waals surface area (Å²) in [5, 5.41) is 0.560. The number of benzene rings is 3. The highest BCUT2D eigenvalue weighted by atomic mass is 16.2. The van der Waals surface area contributed by atoms with Crippen LogP contribution in [0.15, 0.2) is 83.7 Å². The lowest BCUT2D eigenvalue weighted by Gasteiger charge is -2.32. The molecule has 34 heavy (non-hydrogen) atoms. The van der Waals surface area contributed by atoms with Crippen LogP contribution in [0.5, 0.6) is 0 Å². The third-order valence-corrected chi connectivity index (χ3v) is 6.43. The molecule has 0 bridgehead atoms. The minimum absolute atomic E-state index is 0.0434. The Kier molecular flexibility index (Phi) is 6.92. The molecule has 4 rings (SSSR count). The molecule has 0 saturated heterocycles. The first-order valence-corrected chi connectivity index (χ1v) is 11.9. The molecule has 0 radical (unpaired) electrons. The van der Waals surface area contributed by atoms with Gasteiger partial charge in [0.2, 0.25) is 5.91 Å². The SMILES string of the molecule is CCC(C(=O)N(CC)C(C)c1nc2ccccc2c(=O)n1-c1cccc(C)c1)c1ccccc1. The number of aromatic nitrogens is 2. The van der Waals surface area contributed by atoms with Crippen molar-refractivity contribution in [2.75, 3.05) is 6.54 Å². The van der Waals surface area contributed by atoms with Crippen molar-refractivity contribution in [3.05, 3.63) is 106 Å². The van der Waals surface area contributed by atoms with E-state index in [0.717, 1.165) is 16.8 Å². The number of hydrogen-bond donors (Lipinski definition) is 0. The number of carbonyl (C=O) groups is 1. The quantitative estimate of drug-likeness (QED) is 0.355. The van der Waals surface area contributed by atoms with Gasteiger partial charge in [0.05, 0.1) is 28.6 Å². The molecule has 0 aliphatic heterocycles. The molecule has 174 valence electrons. The Morgan fingerprint density at radius 2 is 1.68 bits per heavy atom. The number of likely N-dealkylation sites (N-methyl/N-ethyl adjacent to an activating group) is 1. The molecule has 1 aromatic heterocycles. The minimum Gasteiger partial charge on any atom is -0.333 e. The van der Waals surface area contributed by atoms with E-state index in [1.807, 2.05) is 105 Å². The van der Waals surface area contributed by atoms with Gasteiger partial charge in [-0.3, -0.25) is 14.2 Å². The molecule has 1 amide bonds. The summed E-state index contributed by atoms with van der Waals surface area (Å²) in [5.41, 5.74) is 3.31. The number of para-hydroxylation sites is 1. The normalized spacial score (nSPS) is 12.9. The van der Waals surface area contributed by atoms with Crippen LogP contribution in [0.4, 0.5) is 0 Å². The highest BCUT2D eigenvalue weighted by Gasteiger charge is 2.30. The summed E-state index contributed by atoms with van der Waals surface area (Å²) >= 11 is 0. The van der Waals surface area contributed by atoms with Crippen molar-refractivity contribution in [3.8, 4) is 5.69 Å². The summed E-state index contributed by atoms with van der Waals surface area (Å²) < 4.78 is 1.67. The van der Waals surface area contributed by atoms with E-state index in [9.17, 15) is 9.59 Å². The van der Waals surface area contributed by atoms with Crippen molar-refractivity contribution in [1.29, 1.82) is 0 Å². The number of fused-ring (bicyclic) bond motifs is 1. The zero-order valence-corrected chi connectivity index (χ0v) is 20.2. The second-order valence-electron chi connectivity index (χ2n) is 8.64. The van der Waals surface area contributed by atoms with Crippen molar-refractivity contribution in [1.82, 2.24) is 14.5 Å². The van der Waals surface area contributed by atoms with Crippen LogP contribution in [-0.4, -0.2) is 26.9 Å². The van der Waals surface area contributed by atoms with Crippen molar-refractivity contribution < 1.29 is 4.79 Å². The zero-order valence-electron chi connectivity index (χ0n) is 20.2. The second kappa shape index (κ2) is 10.0. The van der Waals surface area contributed by atoms with Crippen LogP contribution in [0.2, 0.25) is 0 Å². The lowest BCUT2D eigenvalue weighted by Crippen LogP contribution is -2.39. The largest absolute Gasteiger partial charge is 0.333 e. The molecule has 0 aliphatic carbocycles. The van der Waals surface area contributed by atoms with Gasteiger partial charge in [-0.15, -0.1) is 0 Å². The van der Waals surface area contributed by atoms with Gasteiger partial charge < -0.3 is 4.90 Å². The van der Waals surface area contributed by atoms with E-state index < -0.39 is 6.04 Å². The lowest BCUT2D eigenvalue weighted by atomic mass is 9.94. The maximum absolute atomic E-state index is 13.8. The first kappa shape index (κ1) is 23.4. The highest BCUT2D eigenvalue weighted by Crippen LogP contribution is 2.28. The minimum atomic E-state index is -0.395. The van der Waals surface area contributed by atoms with Crippen molar-refractivity contribution >= 4 is 16.8 Å². The Bertz CT molecular complexity index is 1360. The molecule has 4 aromatic rings.